The number of methoxy groups -OCH3 is 1. The summed E-state index contributed by atoms with van der Waals surface area (Å²) in [7, 11) is 1.64. The third-order valence-electron chi connectivity index (χ3n) is 5.62. The quantitative estimate of drug-likeness (QED) is 0.893. The van der Waals surface area contributed by atoms with Gasteiger partial charge in [-0.15, -0.1) is 0 Å². The second-order valence-electron chi connectivity index (χ2n) is 7.21. The summed E-state index contributed by atoms with van der Waals surface area (Å²) in [4.78, 5) is 32.6. The van der Waals surface area contributed by atoms with E-state index in [0.29, 0.717) is 37.0 Å². The van der Waals surface area contributed by atoms with Gasteiger partial charge in [-0.05, 0) is 37.1 Å². The van der Waals surface area contributed by atoms with Crippen LogP contribution in [0, 0.1) is 5.41 Å². The second-order valence-corrected chi connectivity index (χ2v) is 7.64. The molecule has 4 rings (SSSR count). The third kappa shape index (κ3) is 2.87. The topological polar surface area (TPSA) is 65.6 Å². The monoisotopic (exact) mass is 375 g/mol. The van der Waals surface area contributed by atoms with E-state index in [0.717, 1.165) is 30.3 Å². The number of benzene rings is 1. The van der Waals surface area contributed by atoms with Crippen molar-refractivity contribution in [2.24, 2.45) is 5.41 Å². The normalized spacial score (nSPS) is 22.9. The molecule has 138 valence electrons. The molecule has 2 fully saturated rings. The Morgan fingerprint density at radius 2 is 2.12 bits per heavy atom. The summed E-state index contributed by atoms with van der Waals surface area (Å²) in [5.74, 6) is 0.102. The maximum Gasteiger partial charge on any atom is 0.270 e. The number of carbonyl (C=O) groups excluding carboxylic acids is 2. The molecule has 1 atom stereocenters. The smallest absolute Gasteiger partial charge is 0.270 e. The van der Waals surface area contributed by atoms with Crippen molar-refractivity contribution in [2.45, 2.75) is 12.8 Å². The van der Waals surface area contributed by atoms with Crippen LogP contribution >= 0.6 is 11.6 Å². The lowest BCUT2D eigenvalue weighted by Crippen LogP contribution is -2.39. The molecule has 0 bridgehead atoms. The summed E-state index contributed by atoms with van der Waals surface area (Å²) >= 11 is 6.02. The Balaban J connectivity index is 1.49. The standard InChI is InChI=1S/C19H22ClN3O3/c1-26-9-8-22-6-4-19(18(22)25)5-7-23(12-19)17(24)16-11-13-10-14(20)2-3-15(13)21-16/h2-3,10-11,21H,4-9,12H2,1H3. The predicted molar refractivity (Wildman–Crippen MR) is 99.3 cm³/mol. The van der Waals surface area contributed by atoms with Crippen molar-refractivity contribution >= 4 is 34.3 Å². The van der Waals surface area contributed by atoms with Crippen LogP contribution in [-0.2, 0) is 9.53 Å². The number of hydrogen-bond donors (Lipinski definition) is 1. The van der Waals surface area contributed by atoms with Crippen molar-refractivity contribution in [3.05, 3.63) is 35.0 Å². The Morgan fingerprint density at radius 1 is 1.31 bits per heavy atom. The Hall–Kier alpha value is -2.05. The maximum atomic E-state index is 12.9. The zero-order valence-electron chi connectivity index (χ0n) is 14.8. The van der Waals surface area contributed by atoms with Crippen LogP contribution in [0.5, 0.6) is 0 Å². The molecule has 1 aromatic carbocycles. The number of H-pyrrole nitrogens is 1. The molecule has 2 aromatic rings. The van der Waals surface area contributed by atoms with Crippen molar-refractivity contribution in [3.63, 3.8) is 0 Å². The Morgan fingerprint density at radius 3 is 2.92 bits per heavy atom. The fraction of sp³-hybridized carbons (Fsp3) is 0.474. The maximum absolute atomic E-state index is 12.9. The van der Waals surface area contributed by atoms with Crippen molar-refractivity contribution < 1.29 is 14.3 Å². The fourth-order valence-electron chi connectivity index (χ4n) is 4.12. The molecule has 3 heterocycles. The summed E-state index contributed by atoms with van der Waals surface area (Å²) in [6.07, 6.45) is 1.54. The first-order valence-electron chi connectivity index (χ1n) is 8.88. The van der Waals surface area contributed by atoms with Crippen LogP contribution in [0.3, 0.4) is 0 Å². The van der Waals surface area contributed by atoms with E-state index in [-0.39, 0.29) is 11.8 Å². The zero-order chi connectivity index (χ0) is 18.3. The van der Waals surface area contributed by atoms with Crippen molar-refractivity contribution in [1.29, 1.82) is 0 Å². The second kappa shape index (κ2) is 6.59. The minimum absolute atomic E-state index is 0.0580. The highest BCUT2D eigenvalue weighted by Gasteiger charge is 2.51. The van der Waals surface area contributed by atoms with Crippen molar-refractivity contribution in [3.8, 4) is 0 Å². The molecular formula is C19H22ClN3O3. The van der Waals surface area contributed by atoms with Crippen molar-refractivity contribution in [1.82, 2.24) is 14.8 Å². The average molecular weight is 376 g/mol. The van der Waals surface area contributed by atoms with Gasteiger partial charge in [0.05, 0.1) is 12.0 Å². The number of halogens is 1. The molecule has 0 saturated carbocycles. The minimum Gasteiger partial charge on any atom is -0.383 e. The zero-order valence-corrected chi connectivity index (χ0v) is 15.5. The van der Waals surface area contributed by atoms with Gasteiger partial charge >= 0.3 is 0 Å². The molecule has 1 unspecified atom stereocenters. The first-order valence-corrected chi connectivity index (χ1v) is 9.26. The molecule has 26 heavy (non-hydrogen) atoms. The molecule has 7 heteroatoms. The van der Waals surface area contributed by atoms with Crippen LogP contribution < -0.4 is 0 Å². The molecular weight excluding hydrogens is 354 g/mol. The molecule has 2 aliphatic rings. The van der Waals surface area contributed by atoms with Gasteiger partial charge in [0.2, 0.25) is 5.91 Å². The number of carbonyl (C=O) groups is 2. The van der Waals surface area contributed by atoms with Gasteiger partial charge in [0.25, 0.3) is 5.91 Å². The number of aromatic nitrogens is 1. The van der Waals surface area contributed by atoms with Gasteiger partial charge in [0.15, 0.2) is 0 Å². The highest BCUT2D eigenvalue weighted by molar-refractivity contribution is 6.31. The van der Waals surface area contributed by atoms with Crippen LogP contribution in [0.2, 0.25) is 5.02 Å². The van der Waals surface area contributed by atoms with Crippen LogP contribution in [0.4, 0.5) is 0 Å². The SMILES string of the molecule is COCCN1CCC2(CCN(C(=O)c3cc4cc(Cl)ccc4[nH]3)C2)C1=O. The summed E-state index contributed by atoms with van der Waals surface area (Å²) in [6, 6.07) is 7.33. The number of likely N-dealkylation sites (tertiary alicyclic amines) is 2. The van der Waals surface area contributed by atoms with Crippen molar-refractivity contribution in [2.75, 3.05) is 39.9 Å². The number of rotatable bonds is 4. The molecule has 1 N–H and O–H groups in total. The highest BCUT2D eigenvalue weighted by Crippen LogP contribution is 2.41. The van der Waals surface area contributed by atoms with E-state index in [1.807, 2.05) is 23.1 Å². The highest BCUT2D eigenvalue weighted by atomic mass is 35.5. The Labute approximate surface area is 157 Å². The van der Waals surface area contributed by atoms with E-state index in [2.05, 4.69) is 4.98 Å². The van der Waals surface area contributed by atoms with E-state index < -0.39 is 5.41 Å². The lowest BCUT2D eigenvalue weighted by atomic mass is 9.85. The summed E-state index contributed by atoms with van der Waals surface area (Å²) < 4.78 is 5.09. The molecule has 1 aromatic heterocycles. The number of hydrogen-bond acceptors (Lipinski definition) is 3. The van der Waals surface area contributed by atoms with Gasteiger partial charge in [-0.1, -0.05) is 11.6 Å². The van der Waals surface area contributed by atoms with E-state index in [9.17, 15) is 9.59 Å². The average Bonchev–Trinajstić information content (AvgIpc) is 3.32. The molecule has 0 aliphatic carbocycles. The summed E-state index contributed by atoms with van der Waals surface area (Å²) in [6.45, 7) is 3.01. The van der Waals surface area contributed by atoms with Crippen LogP contribution in [0.25, 0.3) is 10.9 Å². The summed E-state index contributed by atoms with van der Waals surface area (Å²) in [5, 5.41) is 1.56. The molecule has 0 radical (unpaired) electrons. The van der Waals surface area contributed by atoms with Gasteiger partial charge < -0.3 is 19.5 Å². The largest absolute Gasteiger partial charge is 0.383 e. The fourth-order valence-corrected chi connectivity index (χ4v) is 4.30. The van der Waals surface area contributed by atoms with Gasteiger partial charge in [-0.2, -0.15) is 0 Å². The van der Waals surface area contributed by atoms with Gasteiger partial charge in [0.1, 0.15) is 5.69 Å². The Kier molecular flexibility index (Phi) is 4.40. The van der Waals surface area contributed by atoms with E-state index in [1.54, 1.807) is 18.1 Å². The number of fused-ring (bicyclic) bond motifs is 1. The predicted octanol–water partition coefficient (Wildman–Crippen LogP) is 2.53. The van der Waals surface area contributed by atoms with Gasteiger partial charge in [-0.3, -0.25) is 9.59 Å². The first-order chi connectivity index (χ1) is 12.5. The van der Waals surface area contributed by atoms with Gasteiger partial charge in [-0.25, -0.2) is 0 Å². The molecule has 2 amide bonds. The van der Waals surface area contributed by atoms with E-state index in [4.69, 9.17) is 16.3 Å². The van der Waals surface area contributed by atoms with Crippen LogP contribution in [0.1, 0.15) is 23.3 Å². The lowest BCUT2D eigenvalue weighted by molar-refractivity contribution is -0.135. The number of ether oxygens (including phenoxy) is 1. The number of amides is 2. The molecule has 2 aliphatic heterocycles. The lowest BCUT2D eigenvalue weighted by Gasteiger charge is -2.23. The summed E-state index contributed by atoms with van der Waals surface area (Å²) in [5.41, 5.74) is 1.01. The third-order valence-corrected chi connectivity index (χ3v) is 5.86. The number of aromatic amines is 1. The Bertz CT molecular complexity index is 865. The van der Waals surface area contributed by atoms with Gasteiger partial charge in [0, 0.05) is 49.2 Å². The first kappa shape index (κ1) is 17.4. The van der Waals surface area contributed by atoms with E-state index in [1.165, 1.54) is 0 Å². The van der Waals surface area contributed by atoms with Crippen LogP contribution in [-0.4, -0.2) is 66.5 Å². The number of nitrogens with zero attached hydrogens (tertiary/aromatic N) is 2. The number of nitrogens with one attached hydrogen (secondary N) is 1. The molecule has 2 saturated heterocycles. The van der Waals surface area contributed by atoms with E-state index >= 15 is 0 Å². The minimum atomic E-state index is -0.418. The molecule has 6 nitrogen and oxygen atoms in total. The van der Waals surface area contributed by atoms with Crippen LogP contribution in [0.15, 0.2) is 24.3 Å². The molecule has 1 spiro atoms.